The maximum absolute atomic E-state index is 14.6. The molecule has 2 aliphatic carbocycles. The van der Waals surface area contributed by atoms with Gasteiger partial charge in [0.1, 0.15) is 21.2 Å². The molecule has 5 nitrogen and oxygen atoms in total. The van der Waals surface area contributed by atoms with Crippen LogP contribution in [0.5, 0.6) is 0 Å². The second kappa shape index (κ2) is 8.07. The van der Waals surface area contributed by atoms with Crippen LogP contribution in [0.2, 0.25) is 5.02 Å². The highest BCUT2D eigenvalue weighted by Crippen LogP contribution is 2.66. The number of amidine groups is 1. The number of hydrogen-bond donors (Lipinski definition) is 1. The van der Waals surface area contributed by atoms with Gasteiger partial charge in [-0.1, -0.05) is 30.7 Å². The van der Waals surface area contributed by atoms with Crippen LogP contribution in [0.4, 0.5) is 4.39 Å². The molecule has 35 heavy (non-hydrogen) atoms. The molecule has 2 heterocycles. The summed E-state index contributed by atoms with van der Waals surface area (Å²) in [5, 5.41) is -3.16. The van der Waals surface area contributed by atoms with E-state index in [0.717, 1.165) is 11.1 Å². The van der Waals surface area contributed by atoms with Crippen LogP contribution in [0, 0.1) is 17.3 Å². The summed E-state index contributed by atoms with van der Waals surface area (Å²) in [6.07, 6.45) is 3.43. The molecule has 1 aromatic carbocycles. The van der Waals surface area contributed by atoms with Gasteiger partial charge in [-0.25, -0.2) is 9.98 Å². The van der Waals surface area contributed by atoms with E-state index in [1.807, 2.05) is 25.1 Å². The van der Waals surface area contributed by atoms with E-state index < -0.39 is 27.6 Å². The monoisotopic (exact) mass is 479 g/mol. The number of aromatic nitrogens is 1. The smallest absolute Gasteiger partial charge is 0.281 e. The van der Waals surface area contributed by atoms with E-state index >= 15 is 0 Å². The van der Waals surface area contributed by atoms with Gasteiger partial charge in [-0.2, -0.15) is 4.39 Å². The quantitative estimate of drug-likeness (QED) is 0.540. The summed E-state index contributed by atoms with van der Waals surface area (Å²) in [6.45, 7) is 2.03. The molecule has 0 saturated heterocycles. The zero-order valence-corrected chi connectivity index (χ0v) is 20.1. The number of halogens is 2. The highest BCUT2D eigenvalue weighted by Gasteiger charge is 2.68. The number of pyridine rings is 1. The molecule has 1 fully saturated rings. The summed E-state index contributed by atoms with van der Waals surface area (Å²) in [5.74, 6) is -0.652. The molecule has 12 heteroatoms. The third-order valence-corrected chi connectivity index (χ3v) is 7.85. The lowest BCUT2D eigenvalue weighted by Gasteiger charge is -2.54. The highest BCUT2D eigenvalue weighted by molar-refractivity contribution is 6.58. The zero-order valence-electron chi connectivity index (χ0n) is 19.3. The van der Waals surface area contributed by atoms with Gasteiger partial charge in [0.15, 0.2) is 0 Å². The standard InChI is InChI=1S/C23H20B5ClFN3O2/c1-11-8-20(5-4-17(11)34-23(26,27)28)9-13-3-2-12(15-7-14(29)10-32-18(15)30)6-16(13)21(20)22(24,25)35-19(31)33-21/h2-3,6-7,10-11,17H,4-5,8-9H2,1H3,(H2,31,33)/t11-,17-,20-,21+/m1/s1. The fraction of sp³-hybridized carbons (Fsp3) is 0.478. The van der Waals surface area contributed by atoms with E-state index in [4.69, 9.17) is 71.0 Å². The van der Waals surface area contributed by atoms with Crippen molar-refractivity contribution in [2.24, 2.45) is 22.1 Å². The molecular formula is C23H20B5ClFN3O2. The summed E-state index contributed by atoms with van der Waals surface area (Å²) in [7, 11) is 30.3. The molecule has 1 saturated carbocycles. The van der Waals surface area contributed by atoms with Gasteiger partial charge in [0.2, 0.25) is 5.95 Å². The SMILES string of the molecule is [B]C([B])([B])O[C@@H]1CC[C@]2(Cc3ccc(-c4cc(Cl)cnc4F)cc3[C@]23N=C(N)OC3([B])[B])C[C@H]1C. The van der Waals surface area contributed by atoms with E-state index in [1.165, 1.54) is 12.3 Å². The molecule has 1 aromatic heterocycles. The van der Waals surface area contributed by atoms with Crippen molar-refractivity contribution >= 4 is 56.9 Å². The van der Waals surface area contributed by atoms with Gasteiger partial charge in [0.25, 0.3) is 6.02 Å². The van der Waals surface area contributed by atoms with Crippen molar-refractivity contribution in [3.63, 3.8) is 0 Å². The molecule has 2 spiro atoms. The Balaban J connectivity index is 1.64. The zero-order chi connectivity index (χ0) is 25.4. The minimum atomic E-state index is -1.74. The molecule has 0 unspecified atom stereocenters. The van der Waals surface area contributed by atoms with Crippen LogP contribution < -0.4 is 5.73 Å². The molecule has 10 radical (unpaired) electrons. The third-order valence-electron chi connectivity index (χ3n) is 7.64. The normalized spacial score (nSPS) is 31.3. The fourth-order valence-corrected chi connectivity index (χ4v) is 6.60. The van der Waals surface area contributed by atoms with Gasteiger partial charge < -0.3 is 15.2 Å². The van der Waals surface area contributed by atoms with Crippen LogP contribution in [0.1, 0.15) is 37.3 Å². The summed E-state index contributed by atoms with van der Waals surface area (Å²) in [4.78, 5) is 8.52. The number of aliphatic imine (C=N–C) groups is 1. The maximum atomic E-state index is 14.6. The van der Waals surface area contributed by atoms with E-state index in [9.17, 15) is 4.39 Å². The van der Waals surface area contributed by atoms with Gasteiger partial charge in [-0.3, -0.25) is 0 Å². The van der Waals surface area contributed by atoms with E-state index in [2.05, 4.69) is 4.98 Å². The van der Waals surface area contributed by atoms with Crippen molar-refractivity contribution in [2.75, 3.05) is 0 Å². The van der Waals surface area contributed by atoms with Crippen molar-refractivity contribution in [2.45, 2.75) is 54.9 Å². The molecule has 5 rings (SSSR count). The second-order valence-electron chi connectivity index (χ2n) is 10.1. The Bertz CT molecular complexity index is 1230. The lowest BCUT2D eigenvalue weighted by Crippen LogP contribution is -2.60. The van der Waals surface area contributed by atoms with Crippen LogP contribution in [0.25, 0.3) is 11.1 Å². The molecule has 1 aliphatic heterocycles. The lowest BCUT2D eigenvalue weighted by atomic mass is 9.44. The Labute approximate surface area is 216 Å². The first-order valence-corrected chi connectivity index (χ1v) is 11.8. The van der Waals surface area contributed by atoms with E-state index in [0.29, 0.717) is 36.3 Å². The average molecular weight is 479 g/mol. The van der Waals surface area contributed by atoms with Gasteiger partial charge in [-0.15, -0.1) is 0 Å². The third kappa shape index (κ3) is 3.85. The first kappa shape index (κ1) is 24.8. The lowest BCUT2D eigenvalue weighted by molar-refractivity contribution is -0.0743. The topological polar surface area (TPSA) is 69.7 Å². The van der Waals surface area contributed by atoms with Crippen LogP contribution in [0.3, 0.4) is 0 Å². The molecule has 168 valence electrons. The Kier molecular flexibility index (Phi) is 5.73. The minimum Gasteiger partial charge on any atom is -0.476 e. The van der Waals surface area contributed by atoms with Crippen LogP contribution in [-0.4, -0.2) is 67.0 Å². The van der Waals surface area contributed by atoms with Crippen molar-refractivity contribution in [1.82, 2.24) is 4.98 Å². The Morgan fingerprint density at radius 2 is 2.00 bits per heavy atom. The van der Waals surface area contributed by atoms with Gasteiger partial charge in [-0.05, 0) is 65.7 Å². The molecule has 0 amide bonds. The maximum Gasteiger partial charge on any atom is 0.281 e. The molecule has 0 bridgehead atoms. The van der Waals surface area contributed by atoms with Gasteiger partial charge in [0.05, 0.1) is 40.1 Å². The first-order valence-electron chi connectivity index (χ1n) is 11.4. The van der Waals surface area contributed by atoms with Crippen LogP contribution in [-0.2, 0) is 21.4 Å². The van der Waals surface area contributed by atoms with Crippen molar-refractivity contribution in [1.29, 1.82) is 0 Å². The molecule has 4 atom stereocenters. The second-order valence-corrected chi connectivity index (χ2v) is 10.5. The summed E-state index contributed by atoms with van der Waals surface area (Å²) < 4.78 is 26.0. The van der Waals surface area contributed by atoms with E-state index in [-0.39, 0.29) is 23.6 Å². The number of hydrogen-bond acceptors (Lipinski definition) is 5. The summed E-state index contributed by atoms with van der Waals surface area (Å²) in [5.41, 5.74) is 6.81. The number of benzene rings is 1. The van der Waals surface area contributed by atoms with Crippen LogP contribution >= 0.6 is 11.6 Å². The number of nitrogens with zero attached hydrogens (tertiary/aromatic N) is 2. The van der Waals surface area contributed by atoms with Crippen LogP contribution in [0.15, 0.2) is 35.5 Å². The Hall–Kier alpha value is -1.86. The van der Waals surface area contributed by atoms with Gasteiger partial charge >= 0.3 is 0 Å². The molecule has 2 aromatic rings. The van der Waals surface area contributed by atoms with Crippen molar-refractivity contribution < 1.29 is 13.9 Å². The molecule has 3 aliphatic rings. The van der Waals surface area contributed by atoms with Gasteiger partial charge in [0, 0.05) is 17.2 Å². The minimum absolute atomic E-state index is 0.00756. The highest BCUT2D eigenvalue weighted by atomic mass is 35.5. The summed E-state index contributed by atoms with van der Waals surface area (Å²) >= 11 is 6.09. The molecular weight excluding hydrogens is 459 g/mol. The number of fused-ring (bicyclic) bond motifs is 3. The Morgan fingerprint density at radius 1 is 1.26 bits per heavy atom. The number of nitrogens with two attached hydrogens (primary N) is 1. The predicted molar refractivity (Wildman–Crippen MR) is 137 cm³/mol. The van der Waals surface area contributed by atoms with Crippen molar-refractivity contribution in [3.8, 4) is 11.1 Å². The fourth-order valence-electron chi connectivity index (χ4n) is 6.44. The molecule has 2 N–H and O–H groups in total. The average Bonchev–Trinajstić information content (AvgIpc) is 3.15. The first-order chi connectivity index (χ1) is 16.3. The predicted octanol–water partition coefficient (Wildman–Crippen LogP) is 1.94. The summed E-state index contributed by atoms with van der Waals surface area (Å²) in [6, 6.07) is 7.01. The number of ether oxygens (including phenoxy) is 2. The Morgan fingerprint density at radius 3 is 2.63 bits per heavy atom. The number of rotatable bonds is 3. The largest absolute Gasteiger partial charge is 0.476 e. The van der Waals surface area contributed by atoms with Crippen molar-refractivity contribution in [3.05, 3.63) is 52.6 Å². The van der Waals surface area contributed by atoms with E-state index in [1.54, 1.807) is 0 Å².